The number of rotatable bonds is 7. The summed E-state index contributed by atoms with van der Waals surface area (Å²) in [6, 6.07) is 25.9. The third kappa shape index (κ3) is 5.76. The van der Waals surface area contributed by atoms with Crippen molar-refractivity contribution in [2.75, 3.05) is 11.1 Å². The molecule has 0 aliphatic heterocycles. The largest absolute Gasteiger partial charge is 0.317 e. The topological polar surface area (TPSA) is 89.6 Å². The Morgan fingerprint density at radius 3 is 2.61 bits per heavy atom. The lowest BCUT2D eigenvalue weighted by Gasteiger charge is -2.22. The monoisotopic (exact) mass is 554 g/mol. The molecule has 2 aromatic heterocycles. The molecule has 1 atom stereocenters. The van der Waals surface area contributed by atoms with Crippen LogP contribution in [0.5, 0.6) is 0 Å². The van der Waals surface area contributed by atoms with Crippen molar-refractivity contribution in [3.8, 4) is 23.4 Å². The van der Waals surface area contributed by atoms with Crippen molar-refractivity contribution in [2.45, 2.75) is 36.6 Å². The van der Waals surface area contributed by atoms with Crippen LogP contribution < -0.4 is 5.32 Å². The van der Waals surface area contributed by atoms with Crippen LogP contribution in [0.15, 0.2) is 71.8 Å². The molecule has 1 N–H and O–H groups in total. The van der Waals surface area contributed by atoms with Crippen LogP contribution in [0.2, 0.25) is 5.02 Å². The summed E-state index contributed by atoms with van der Waals surface area (Å²) >= 11 is 8.89. The van der Waals surface area contributed by atoms with Gasteiger partial charge in [0.1, 0.15) is 22.2 Å². The summed E-state index contributed by atoms with van der Waals surface area (Å²) in [5.74, 6) is 0.736. The number of hydrogen-bond acceptors (Lipinski definition) is 6. The van der Waals surface area contributed by atoms with E-state index in [1.165, 1.54) is 33.5 Å². The first kappa shape index (κ1) is 26.0. The highest BCUT2D eigenvalue weighted by Gasteiger charge is 2.27. The number of pyridine rings is 1. The second kappa shape index (κ2) is 11.8. The van der Waals surface area contributed by atoms with E-state index in [0.29, 0.717) is 37.8 Å². The molecule has 38 heavy (non-hydrogen) atoms. The minimum absolute atomic E-state index is 0.153. The quantitative estimate of drug-likeness (QED) is 0.237. The van der Waals surface area contributed by atoms with Crippen LogP contribution >= 0.6 is 34.7 Å². The summed E-state index contributed by atoms with van der Waals surface area (Å²) in [4.78, 5) is 18.7. The number of benzene rings is 2. The highest BCUT2D eigenvalue weighted by atomic mass is 35.5. The third-order valence-corrected chi connectivity index (χ3v) is 9.00. The van der Waals surface area contributed by atoms with Crippen LogP contribution in [0.4, 0.5) is 5.00 Å². The van der Waals surface area contributed by atoms with Gasteiger partial charge in [0.25, 0.3) is 0 Å². The van der Waals surface area contributed by atoms with Gasteiger partial charge in [-0.25, -0.2) is 4.98 Å². The van der Waals surface area contributed by atoms with Gasteiger partial charge < -0.3 is 5.32 Å². The lowest BCUT2D eigenvalue weighted by Crippen LogP contribution is -2.13. The van der Waals surface area contributed by atoms with Crippen molar-refractivity contribution in [3.05, 3.63) is 98.9 Å². The van der Waals surface area contributed by atoms with Gasteiger partial charge in [0.05, 0.1) is 16.8 Å². The number of nitrogens with zero attached hydrogens (tertiary/aromatic N) is 3. The molecule has 0 spiro atoms. The molecule has 1 amide bonds. The van der Waals surface area contributed by atoms with Gasteiger partial charge in [-0.3, -0.25) is 4.79 Å². The molecule has 0 saturated heterocycles. The number of nitriles is 2. The van der Waals surface area contributed by atoms with Gasteiger partial charge in [0, 0.05) is 27.6 Å². The van der Waals surface area contributed by atoms with E-state index >= 15 is 0 Å². The van der Waals surface area contributed by atoms with Crippen molar-refractivity contribution in [2.24, 2.45) is 0 Å². The minimum Gasteiger partial charge on any atom is -0.317 e. The van der Waals surface area contributed by atoms with E-state index in [-0.39, 0.29) is 12.3 Å². The molecule has 0 radical (unpaired) electrons. The second-order valence-corrected chi connectivity index (χ2v) is 11.6. The first-order valence-electron chi connectivity index (χ1n) is 12.2. The Hall–Kier alpha value is -3.62. The molecule has 5 rings (SSSR count). The summed E-state index contributed by atoms with van der Waals surface area (Å²) in [5.41, 5.74) is 5.11. The van der Waals surface area contributed by atoms with Gasteiger partial charge in [-0.1, -0.05) is 54.1 Å². The SMILES string of the molecule is N#Cc1ccc(-c2ccc(Cl)cc2)nc1SCCC(=O)Nc1sc2c(c1C#N)CCC(c1ccccc1)C2. The van der Waals surface area contributed by atoms with E-state index in [2.05, 4.69) is 46.7 Å². The molecule has 0 saturated carbocycles. The van der Waals surface area contributed by atoms with E-state index < -0.39 is 0 Å². The molecule has 2 aromatic carbocycles. The summed E-state index contributed by atoms with van der Waals surface area (Å²) < 4.78 is 0. The number of thioether (sulfide) groups is 1. The van der Waals surface area contributed by atoms with Gasteiger partial charge in [0.2, 0.25) is 5.91 Å². The highest BCUT2D eigenvalue weighted by molar-refractivity contribution is 7.99. The summed E-state index contributed by atoms with van der Waals surface area (Å²) in [5, 5.41) is 24.2. The molecule has 1 aliphatic carbocycles. The first-order chi connectivity index (χ1) is 18.6. The number of halogens is 1. The smallest absolute Gasteiger partial charge is 0.225 e. The number of anilines is 1. The molecule has 1 aliphatic rings. The number of carbonyl (C=O) groups excluding carboxylic acids is 1. The van der Waals surface area contributed by atoms with E-state index in [1.54, 1.807) is 18.2 Å². The van der Waals surface area contributed by atoms with Gasteiger partial charge >= 0.3 is 0 Å². The zero-order valence-electron chi connectivity index (χ0n) is 20.4. The molecule has 4 aromatic rings. The van der Waals surface area contributed by atoms with E-state index in [0.717, 1.165) is 36.1 Å². The van der Waals surface area contributed by atoms with Gasteiger partial charge in [-0.15, -0.1) is 23.1 Å². The van der Waals surface area contributed by atoms with Crippen LogP contribution in [-0.4, -0.2) is 16.6 Å². The van der Waals surface area contributed by atoms with E-state index in [1.807, 2.05) is 24.3 Å². The molecule has 1 unspecified atom stereocenters. The predicted octanol–water partition coefficient (Wildman–Crippen LogP) is 7.60. The van der Waals surface area contributed by atoms with Crippen LogP contribution in [-0.2, 0) is 17.6 Å². The van der Waals surface area contributed by atoms with Crippen LogP contribution in [0.3, 0.4) is 0 Å². The summed E-state index contributed by atoms with van der Waals surface area (Å²) in [7, 11) is 0. The summed E-state index contributed by atoms with van der Waals surface area (Å²) in [6.07, 6.45) is 2.96. The number of thiophene rings is 1. The number of hydrogen-bond donors (Lipinski definition) is 1. The lowest BCUT2D eigenvalue weighted by atomic mass is 9.83. The summed E-state index contributed by atoms with van der Waals surface area (Å²) in [6.45, 7) is 0. The number of aromatic nitrogens is 1. The van der Waals surface area contributed by atoms with Crippen LogP contribution in [0.1, 0.15) is 45.9 Å². The Balaban J connectivity index is 1.23. The van der Waals surface area contributed by atoms with Gasteiger partial charge in [0.15, 0.2) is 0 Å². The van der Waals surface area contributed by atoms with E-state index in [4.69, 9.17) is 11.6 Å². The zero-order valence-corrected chi connectivity index (χ0v) is 22.8. The molecule has 0 bridgehead atoms. The Morgan fingerprint density at radius 1 is 1.08 bits per heavy atom. The number of amides is 1. The normalized spacial score (nSPS) is 14.2. The maximum atomic E-state index is 12.8. The Morgan fingerprint density at radius 2 is 1.87 bits per heavy atom. The molecule has 5 nitrogen and oxygen atoms in total. The molecule has 2 heterocycles. The van der Waals surface area contributed by atoms with Crippen LogP contribution in [0, 0.1) is 22.7 Å². The zero-order chi connectivity index (χ0) is 26.5. The molecular formula is C30H23ClN4OS2. The highest BCUT2D eigenvalue weighted by Crippen LogP contribution is 2.42. The van der Waals surface area contributed by atoms with Crippen molar-refractivity contribution in [1.82, 2.24) is 4.98 Å². The predicted molar refractivity (Wildman–Crippen MR) is 154 cm³/mol. The number of nitrogens with one attached hydrogen (secondary N) is 1. The Kier molecular flexibility index (Phi) is 8.10. The van der Waals surface area contributed by atoms with Crippen molar-refractivity contribution < 1.29 is 4.79 Å². The van der Waals surface area contributed by atoms with Gasteiger partial charge in [-0.05, 0) is 60.6 Å². The molecule has 0 fully saturated rings. The Labute approximate surface area is 235 Å². The fraction of sp³-hybridized carbons (Fsp3) is 0.200. The average Bonchev–Trinajstić information content (AvgIpc) is 3.29. The first-order valence-corrected chi connectivity index (χ1v) is 14.4. The molecule has 8 heteroatoms. The molecule has 188 valence electrons. The number of carbonyl (C=O) groups is 1. The Bertz CT molecular complexity index is 1550. The maximum absolute atomic E-state index is 12.8. The maximum Gasteiger partial charge on any atom is 0.225 e. The molecular weight excluding hydrogens is 532 g/mol. The van der Waals surface area contributed by atoms with Crippen molar-refractivity contribution >= 4 is 45.6 Å². The average molecular weight is 555 g/mol. The third-order valence-electron chi connectivity index (χ3n) is 6.59. The van der Waals surface area contributed by atoms with Gasteiger partial charge in [-0.2, -0.15) is 10.5 Å². The fourth-order valence-electron chi connectivity index (χ4n) is 4.65. The number of fused-ring (bicyclic) bond motifs is 1. The van der Waals surface area contributed by atoms with Crippen molar-refractivity contribution in [3.63, 3.8) is 0 Å². The fourth-order valence-corrected chi connectivity index (χ4v) is 6.98. The van der Waals surface area contributed by atoms with Crippen molar-refractivity contribution in [1.29, 1.82) is 10.5 Å². The minimum atomic E-state index is -0.153. The van der Waals surface area contributed by atoms with E-state index in [9.17, 15) is 15.3 Å². The second-order valence-electron chi connectivity index (χ2n) is 8.98. The lowest BCUT2D eigenvalue weighted by molar-refractivity contribution is -0.115. The standard InChI is InChI=1S/C30H23ClN4OS2/c31-23-10-6-20(7-11-23)26-13-9-22(17-32)29(34-26)37-15-14-28(36)35-30-25(18-33)24-12-8-21(16-27(24)38-30)19-4-2-1-3-5-19/h1-7,9-11,13,21H,8,12,14-16H2,(H,35,36). The van der Waals surface area contributed by atoms with Crippen LogP contribution in [0.25, 0.3) is 11.3 Å².